The summed E-state index contributed by atoms with van der Waals surface area (Å²) in [6.45, 7) is 13.8. The minimum Gasteiger partial charge on any atom is -0.0656 e. The molecule has 124 valence electrons. The van der Waals surface area contributed by atoms with Gasteiger partial charge in [-0.1, -0.05) is 107 Å². The number of allylic oxidation sites excluding steroid dienone is 12. The summed E-state index contributed by atoms with van der Waals surface area (Å²) in [5.41, 5.74) is 4.91. The van der Waals surface area contributed by atoms with Crippen LogP contribution in [-0.4, -0.2) is 0 Å². The van der Waals surface area contributed by atoms with Gasteiger partial charge in [0.25, 0.3) is 0 Å². The maximum Gasteiger partial charge on any atom is 0.0236 e. The number of rotatable bonds is 1. The van der Waals surface area contributed by atoms with Gasteiger partial charge in [-0.2, -0.15) is 0 Å². The van der Waals surface area contributed by atoms with Gasteiger partial charge in [0.15, 0.2) is 0 Å². The van der Waals surface area contributed by atoms with Gasteiger partial charge in [-0.05, 0) is 24.8 Å². The molecule has 23 heavy (non-hydrogen) atoms. The highest BCUT2D eigenvalue weighted by Gasteiger charge is 2.62. The van der Waals surface area contributed by atoms with Crippen molar-refractivity contribution in [2.24, 2.45) is 16.7 Å². The van der Waals surface area contributed by atoms with Crippen LogP contribution in [-0.2, 0) is 0 Å². The molecule has 0 aromatic carbocycles. The Morgan fingerprint density at radius 1 is 0.957 bits per heavy atom. The maximum absolute atomic E-state index is 2.44. The summed E-state index contributed by atoms with van der Waals surface area (Å²) in [5, 5.41) is 0. The molecular weight excluding hydrogens is 276 g/mol. The summed E-state index contributed by atoms with van der Waals surface area (Å²) >= 11 is 0. The lowest BCUT2D eigenvalue weighted by molar-refractivity contribution is 0.0305. The molecule has 2 unspecified atom stereocenters. The van der Waals surface area contributed by atoms with Gasteiger partial charge >= 0.3 is 0 Å². The normalized spacial score (nSPS) is 36.2. The highest BCUT2D eigenvalue weighted by Crippen LogP contribution is 2.70. The highest BCUT2D eigenvalue weighted by molar-refractivity contribution is 5.55. The van der Waals surface area contributed by atoms with Crippen LogP contribution in [0.5, 0.6) is 0 Å². The second kappa shape index (κ2) is 6.91. The van der Waals surface area contributed by atoms with Gasteiger partial charge in [0, 0.05) is 10.8 Å². The molecule has 0 nitrogen and oxygen atoms in total. The molecule has 0 saturated heterocycles. The van der Waals surface area contributed by atoms with E-state index in [9.17, 15) is 0 Å². The van der Waals surface area contributed by atoms with Crippen LogP contribution in [0.4, 0.5) is 0 Å². The quantitative estimate of drug-likeness (QED) is 0.491. The van der Waals surface area contributed by atoms with Gasteiger partial charge in [0.2, 0.25) is 0 Å². The second-order valence-electron chi connectivity index (χ2n) is 7.43. The van der Waals surface area contributed by atoms with Crippen molar-refractivity contribution in [2.75, 3.05) is 0 Å². The van der Waals surface area contributed by atoms with Gasteiger partial charge in [-0.3, -0.25) is 0 Å². The fourth-order valence-electron chi connectivity index (χ4n) is 4.56. The monoisotopic (exact) mass is 308 g/mol. The summed E-state index contributed by atoms with van der Waals surface area (Å²) in [7, 11) is 0. The Morgan fingerprint density at radius 2 is 1.57 bits per heavy atom. The van der Waals surface area contributed by atoms with E-state index in [1.807, 2.05) is 0 Å². The van der Waals surface area contributed by atoms with Crippen molar-refractivity contribution < 1.29 is 0 Å². The largest absolute Gasteiger partial charge is 0.0656 e. The van der Waals surface area contributed by atoms with E-state index in [0.29, 0.717) is 5.92 Å². The van der Waals surface area contributed by atoms with Crippen molar-refractivity contribution in [3.63, 3.8) is 0 Å². The van der Waals surface area contributed by atoms with Crippen molar-refractivity contribution in [1.82, 2.24) is 0 Å². The minimum atomic E-state index is 0.133. The molecule has 2 atom stereocenters. The Hall–Kier alpha value is -1.56. The molecule has 3 aliphatic rings. The molecule has 3 aliphatic carbocycles. The van der Waals surface area contributed by atoms with E-state index in [1.54, 1.807) is 5.57 Å². The zero-order valence-electron chi connectivity index (χ0n) is 15.7. The fraction of sp³-hybridized carbons (Fsp3) is 0.478. The van der Waals surface area contributed by atoms with Gasteiger partial charge in [-0.25, -0.2) is 0 Å². The average Bonchev–Trinajstić information content (AvgIpc) is 2.58. The van der Waals surface area contributed by atoms with Crippen molar-refractivity contribution in [3.05, 3.63) is 71.4 Å². The van der Waals surface area contributed by atoms with E-state index in [2.05, 4.69) is 96.2 Å². The van der Waals surface area contributed by atoms with Gasteiger partial charge in [0.05, 0.1) is 0 Å². The molecule has 0 N–H and O–H groups in total. The molecule has 0 aromatic rings. The topological polar surface area (TPSA) is 0 Å². The Balaban J connectivity index is 0.000000595. The highest BCUT2D eigenvalue weighted by atomic mass is 14.6. The van der Waals surface area contributed by atoms with E-state index >= 15 is 0 Å². The average molecular weight is 309 g/mol. The Labute approximate surface area is 143 Å². The van der Waals surface area contributed by atoms with Crippen molar-refractivity contribution in [1.29, 1.82) is 0 Å². The molecule has 0 radical (unpaired) electrons. The van der Waals surface area contributed by atoms with Crippen LogP contribution in [0.25, 0.3) is 0 Å². The van der Waals surface area contributed by atoms with Crippen LogP contribution in [0, 0.1) is 16.7 Å². The lowest BCUT2D eigenvalue weighted by Crippen LogP contribution is -2.56. The molecule has 0 amide bonds. The Bertz CT molecular complexity index is 618. The SMILES string of the molecule is CCC.C\C1=C/C=C\C=C\C2=CC=CC=C3CC1(C(C)C)C23C. The number of hydrogen-bond acceptors (Lipinski definition) is 0. The summed E-state index contributed by atoms with van der Waals surface area (Å²) in [5.74, 6) is 0.627. The van der Waals surface area contributed by atoms with E-state index < -0.39 is 0 Å². The summed E-state index contributed by atoms with van der Waals surface area (Å²) < 4.78 is 0. The zero-order chi connectivity index (χ0) is 17.1. The van der Waals surface area contributed by atoms with E-state index in [4.69, 9.17) is 0 Å². The van der Waals surface area contributed by atoms with Crippen molar-refractivity contribution in [3.8, 4) is 0 Å². The molecule has 3 rings (SSSR count). The number of hydrogen-bond donors (Lipinski definition) is 0. The van der Waals surface area contributed by atoms with Crippen LogP contribution in [0.15, 0.2) is 71.4 Å². The molecule has 0 bridgehead atoms. The third-order valence-corrected chi connectivity index (χ3v) is 5.80. The molecule has 0 aliphatic heterocycles. The molecule has 1 saturated carbocycles. The van der Waals surface area contributed by atoms with Gasteiger partial charge in [0.1, 0.15) is 0 Å². The third-order valence-electron chi connectivity index (χ3n) is 5.80. The first kappa shape index (κ1) is 17.8. The summed E-state index contributed by atoms with van der Waals surface area (Å²) in [4.78, 5) is 0. The molecule has 0 aromatic heterocycles. The van der Waals surface area contributed by atoms with Crippen LogP contribution in [0.1, 0.15) is 54.4 Å². The second-order valence-corrected chi connectivity index (χ2v) is 7.43. The van der Waals surface area contributed by atoms with E-state index in [0.717, 1.165) is 0 Å². The standard InChI is InChI=1S/C20H24.C3H8/c1-15(2)20-14-18-13-9-8-12-17(19(18,20)4)11-7-5-6-10-16(20)3;1-3-2/h5-13,15H,14H2,1-4H3;3H2,1-2H3/b6-5-,11-7+,16-10+;. The van der Waals surface area contributed by atoms with Crippen LogP contribution in [0.3, 0.4) is 0 Å². The van der Waals surface area contributed by atoms with Crippen molar-refractivity contribution in [2.45, 2.75) is 54.4 Å². The first-order valence-corrected chi connectivity index (χ1v) is 9.05. The minimum absolute atomic E-state index is 0.133. The lowest BCUT2D eigenvalue weighted by atomic mass is 9.39. The van der Waals surface area contributed by atoms with Crippen molar-refractivity contribution >= 4 is 0 Å². The van der Waals surface area contributed by atoms with Crippen LogP contribution < -0.4 is 0 Å². The summed E-state index contributed by atoms with van der Waals surface area (Å²) in [6, 6.07) is 0. The maximum atomic E-state index is 2.44. The molecular formula is C23H32. The van der Waals surface area contributed by atoms with Crippen LogP contribution in [0.2, 0.25) is 0 Å². The molecule has 0 heterocycles. The molecule has 0 heteroatoms. The summed E-state index contributed by atoms with van der Waals surface area (Å²) in [6.07, 6.45) is 22.5. The van der Waals surface area contributed by atoms with Gasteiger partial charge in [-0.15, -0.1) is 0 Å². The third kappa shape index (κ3) is 2.63. The predicted molar refractivity (Wildman–Crippen MR) is 103 cm³/mol. The first-order chi connectivity index (χ1) is 10.9. The van der Waals surface area contributed by atoms with E-state index in [-0.39, 0.29) is 10.8 Å². The fourth-order valence-corrected chi connectivity index (χ4v) is 4.56. The first-order valence-electron chi connectivity index (χ1n) is 9.05. The van der Waals surface area contributed by atoms with E-state index in [1.165, 1.54) is 24.0 Å². The van der Waals surface area contributed by atoms with Gasteiger partial charge < -0.3 is 0 Å². The Kier molecular flexibility index (Phi) is 5.34. The molecule has 1 fully saturated rings. The zero-order valence-corrected chi connectivity index (χ0v) is 15.7. The smallest absolute Gasteiger partial charge is 0.0236 e. The predicted octanol–water partition coefficient (Wildman–Crippen LogP) is 6.95. The lowest BCUT2D eigenvalue weighted by Gasteiger charge is -2.64. The Morgan fingerprint density at radius 3 is 2.22 bits per heavy atom. The molecule has 0 spiro atoms. The van der Waals surface area contributed by atoms with Crippen LogP contribution >= 0.6 is 0 Å².